The summed E-state index contributed by atoms with van der Waals surface area (Å²) in [6, 6.07) is 0.548. The van der Waals surface area contributed by atoms with E-state index in [2.05, 4.69) is 19.2 Å². The summed E-state index contributed by atoms with van der Waals surface area (Å²) in [5.41, 5.74) is 0. The van der Waals surface area contributed by atoms with Gasteiger partial charge in [-0.05, 0) is 6.42 Å². The van der Waals surface area contributed by atoms with Gasteiger partial charge in [0.15, 0.2) is 0 Å². The van der Waals surface area contributed by atoms with E-state index in [1.807, 2.05) is 35.4 Å². The Labute approximate surface area is 131 Å². The van der Waals surface area contributed by atoms with Crippen LogP contribution >= 0.6 is 21.6 Å². The third-order valence-electron chi connectivity index (χ3n) is 2.80. The maximum Gasteiger partial charge on any atom is 0.135 e. The van der Waals surface area contributed by atoms with E-state index >= 15 is 0 Å². The summed E-state index contributed by atoms with van der Waals surface area (Å²) in [5.74, 6) is 2.58. The molecule has 0 saturated carbocycles. The SMILES string of the molecule is CC(C)NCCSSCCCC(=O)CCC(=O)C(C)C. The minimum atomic E-state index is 0.0502. The molecule has 5 heteroatoms. The van der Waals surface area contributed by atoms with Crippen LogP contribution in [-0.2, 0) is 9.59 Å². The lowest BCUT2D eigenvalue weighted by molar-refractivity contribution is -0.125. The molecule has 0 aromatic heterocycles. The smallest absolute Gasteiger partial charge is 0.135 e. The Hall–Kier alpha value is -0.000000000000000111. The fourth-order valence-corrected chi connectivity index (χ4v) is 3.52. The molecular formula is C15H29NO2S2. The van der Waals surface area contributed by atoms with Gasteiger partial charge in [-0.1, -0.05) is 49.3 Å². The molecule has 0 heterocycles. The quantitative estimate of drug-likeness (QED) is 0.414. The van der Waals surface area contributed by atoms with Gasteiger partial charge in [0.05, 0.1) is 0 Å². The molecule has 0 bridgehead atoms. The van der Waals surface area contributed by atoms with Crippen molar-refractivity contribution in [3.63, 3.8) is 0 Å². The number of hydrogen-bond acceptors (Lipinski definition) is 5. The number of Topliss-reactive ketones (excluding diaryl/α,β-unsaturated/α-hetero) is 2. The van der Waals surface area contributed by atoms with Crippen LogP contribution in [0.15, 0.2) is 0 Å². The van der Waals surface area contributed by atoms with Crippen molar-refractivity contribution in [2.24, 2.45) is 5.92 Å². The zero-order chi connectivity index (χ0) is 15.4. The molecule has 0 aromatic carbocycles. The molecule has 118 valence electrons. The topological polar surface area (TPSA) is 46.2 Å². The van der Waals surface area contributed by atoms with Gasteiger partial charge in [-0.2, -0.15) is 0 Å². The Morgan fingerprint density at radius 3 is 2.20 bits per heavy atom. The van der Waals surface area contributed by atoms with Gasteiger partial charge in [0.2, 0.25) is 0 Å². The van der Waals surface area contributed by atoms with Crippen LogP contribution in [0.2, 0.25) is 0 Å². The fourth-order valence-electron chi connectivity index (χ4n) is 1.51. The van der Waals surface area contributed by atoms with E-state index in [0.717, 1.165) is 24.5 Å². The fraction of sp³-hybridized carbons (Fsp3) is 0.867. The molecule has 0 aliphatic heterocycles. The predicted molar refractivity (Wildman–Crippen MR) is 91.4 cm³/mol. The molecule has 0 rings (SSSR count). The number of ketones is 2. The number of rotatable bonds is 13. The number of carbonyl (C=O) groups is 2. The molecule has 0 unspecified atom stereocenters. The van der Waals surface area contributed by atoms with Crippen molar-refractivity contribution in [2.45, 2.75) is 59.4 Å². The lowest BCUT2D eigenvalue weighted by atomic mass is 10.0. The van der Waals surface area contributed by atoms with Gasteiger partial charge in [-0.15, -0.1) is 0 Å². The first-order chi connectivity index (χ1) is 9.43. The minimum absolute atomic E-state index is 0.0502. The molecule has 0 aliphatic carbocycles. The van der Waals surface area contributed by atoms with E-state index in [1.54, 1.807) is 0 Å². The van der Waals surface area contributed by atoms with Crippen molar-refractivity contribution in [2.75, 3.05) is 18.1 Å². The van der Waals surface area contributed by atoms with Crippen molar-refractivity contribution >= 4 is 33.2 Å². The standard InChI is InChI=1S/C15H29NO2S2/c1-12(2)15(18)8-7-14(17)6-5-10-19-20-11-9-16-13(3)4/h12-13,16H,5-11H2,1-4H3. The van der Waals surface area contributed by atoms with Crippen molar-refractivity contribution in [1.82, 2.24) is 5.32 Å². The zero-order valence-electron chi connectivity index (χ0n) is 13.2. The molecule has 0 fully saturated rings. The third kappa shape index (κ3) is 13.0. The molecule has 0 radical (unpaired) electrons. The van der Waals surface area contributed by atoms with Crippen molar-refractivity contribution in [3.05, 3.63) is 0 Å². The Morgan fingerprint density at radius 1 is 0.950 bits per heavy atom. The monoisotopic (exact) mass is 319 g/mol. The van der Waals surface area contributed by atoms with Crippen LogP contribution in [-0.4, -0.2) is 35.7 Å². The van der Waals surface area contributed by atoms with Gasteiger partial charge >= 0.3 is 0 Å². The van der Waals surface area contributed by atoms with E-state index in [0.29, 0.717) is 25.3 Å². The lowest BCUT2D eigenvalue weighted by Gasteiger charge is -2.07. The Bertz CT molecular complexity index is 281. The van der Waals surface area contributed by atoms with Gasteiger partial charge in [-0.25, -0.2) is 0 Å². The summed E-state index contributed by atoms with van der Waals surface area (Å²) < 4.78 is 0. The number of carbonyl (C=O) groups excluding carboxylic acids is 2. The Kier molecular flexibility index (Phi) is 12.7. The van der Waals surface area contributed by atoms with E-state index in [9.17, 15) is 9.59 Å². The third-order valence-corrected chi connectivity index (χ3v) is 5.29. The Balaban J connectivity index is 3.34. The highest BCUT2D eigenvalue weighted by Crippen LogP contribution is 2.22. The average molecular weight is 320 g/mol. The molecule has 0 saturated heterocycles. The lowest BCUT2D eigenvalue weighted by Crippen LogP contribution is -2.24. The highest BCUT2D eigenvalue weighted by molar-refractivity contribution is 8.76. The van der Waals surface area contributed by atoms with Crippen molar-refractivity contribution < 1.29 is 9.59 Å². The average Bonchev–Trinajstić information content (AvgIpc) is 2.38. The van der Waals surface area contributed by atoms with Gasteiger partial charge in [0.25, 0.3) is 0 Å². The normalized spacial score (nSPS) is 11.3. The zero-order valence-corrected chi connectivity index (χ0v) is 14.9. The molecule has 0 aliphatic rings. The van der Waals surface area contributed by atoms with E-state index in [-0.39, 0.29) is 17.5 Å². The summed E-state index contributed by atoms with van der Waals surface area (Å²) in [4.78, 5) is 23.0. The van der Waals surface area contributed by atoms with Crippen LogP contribution < -0.4 is 5.32 Å². The van der Waals surface area contributed by atoms with Crippen LogP contribution in [0.25, 0.3) is 0 Å². The highest BCUT2D eigenvalue weighted by Gasteiger charge is 2.10. The second kappa shape index (κ2) is 12.7. The molecule has 0 spiro atoms. The maximum atomic E-state index is 11.6. The van der Waals surface area contributed by atoms with Crippen molar-refractivity contribution in [1.29, 1.82) is 0 Å². The Morgan fingerprint density at radius 2 is 1.60 bits per heavy atom. The van der Waals surface area contributed by atoms with Gasteiger partial charge in [0.1, 0.15) is 11.6 Å². The molecular weight excluding hydrogens is 290 g/mol. The molecule has 0 aromatic rings. The van der Waals surface area contributed by atoms with E-state index < -0.39 is 0 Å². The molecule has 0 amide bonds. The van der Waals surface area contributed by atoms with Gasteiger partial charge in [-0.3, -0.25) is 9.59 Å². The summed E-state index contributed by atoms with van der Waals surface area (Å²) in [6.45, 7) is 9.09. The summed E-state index contributed by atoms with van der Waals surface area (Å²) >= 11 is 0. The van der Waals surface area contributed by atoms with Gasteiger partial charge in [0, 0.05) is 49.3 Å². The second-order valence-corrected chi connectivity index (χ2v) is 8.22. The first-order valence-corrected chi connectivity index (χ1v) is 9.94. The van der Waals surface area contributed by atoms with E-state index in [4.69, 9.17) is 0 Å². The first kappa shape index (κ1) is 20.0. The second-order valence-electron chi connectivity index (χ2n) is 5.52. The minimum Gasteiger partial charge on any atom is -0.314 e. The largest absolute Gasteiger partial charge is 0.314 e. The van der Waals surface area contributed by atoms with Crippen LogP contribution in [0.1, 0.15) is 53.4 Å². The van der Waals surface area contributed by atoms with Crippen LogP contribution in [0.5, 0.6) is 0 Å². The van der Waals surface area contributed by atoms with Crippen molar-refractivity contribution in [3.8, 4) is 0 Å². The molecule has 1 N–H and O–H groups in total. The van der Waals surface area contributed by atoms with Crippen LogP contribution in [0, 0.1) is 5.92 Å². The first-order valence-electron chi connectivity index (χ1n) is 7.45. The van der Waals surface area contributed by atoms with Gasteiger partial charge < -0.3 is 5.32 Å². The van der Waals surface area contributed by atoms with Crippen LogP contribution in [0.4, 0.5) is 0 Å². The summed E-state index contributed by atoms with van der Waals surface area (Å²) in [6.07, 6.45) is 2.37. The number of nitrogens with one attached hydrogen (secondary N) is 1. The molecule has 20 heavy (non-hydrogen) atoms. The summed E-state index contributed by atoms with van der Waals surface area (Å²) in [5, 5.41) is 3.37. The number of hydrogen-bond donors (Lipinski definition) is 1. The predicted octanol–water partition coefficient (Wildman–Crippen LogP) is 3.72. The summed E-state index contributed by atoms with van der Waals surface area (Å²) in [7, 11) is 3.69. The maximum absolute atomic E-state index is 11.6. The van der Waals surface area contributed by atoms with Crippen LogP contribution in [0.3, 0.4) is 0 Å². The molecule has 3 nitrogen and oxygen atoms in total. The molecule has 0 atom stereocenters. The van der Waals surface area contributed by atoms with E-state index in [1.165, 1.54) is 0 Å². The highest BCUT2D eigenvalue weighted by atomic mass is 33.1.